The molecule has 0 spiro atoms. The lowest BCUT2D eigenvalue weighted by Crippen LogP contribution is -2.46. The molecule has 10 heteroatoms. The number of piperidine rings is 2. The molecule has 4 aromatic rings. The minimum Gasteiger partial charge on any atom is -0.327 e. The molecule has 3 atom stereocenters. The molecule has 2 aliphatic rings. The number of fused-ring (bicyclic) bond motifs is 2. The van der Waals surface area contributed by atoms with Gasteiger partial charge in [-0.25, -0.2) is 4.98 Å². The van der Waals surface area contributed by atoms with E-state index >= 15 is 0 Å². The molecule has 2 aliphatic heterocycles. The smallest absolute Gasteiger partial charge is 0.314 e. The molecule has 9 nitrogen and oxygen atoms in total. The average molecular weight is 546 g/mol. The van der Waals surface area contributed by atoms with Crippen molar-refractivity contribution in [3.05, 3.63) is 47.4 Å². The van der Waals surface area contributed by atoms with E-state index in [1.54, 1.807) is 28.6 Å². The van der Waals surface area contributed by atoms with Gasteiger partial charge in [-0.2, -0.15) is 5.10 Å². The van der Waals surface area contributed by atoms with E-state index in [4.69, 9.17) is 4.98 Å². The van der Waals surface area contributed by atoms with Crippen LogP contribution < -0.4 is 5.32 Å². The molecular formula is C29H35N7O2S. The summed E-state index contributed by atoms with van der Waals surface area (Å²) in [5.74, 6) is -0.420. The highest BCUT2D eigenvalue weighted by Gasteiger charge is 2.36. The van der Waals surface area contributed by atoms with Crippen molar-refractivity contribution in [3.8, 4) is 0 Å². The van der Waals surface area contributed by atoms with Crippen LogP contribution in [-0.2, 0) is 9.59 Å². The number of H-pyrrole nitrogens is 1. The number of nitrogens with zero attached hydrogens (tertiary/aromatic N) is 5. The van der Waals surface area contributed by atoms with Gasteiger partial charge in [0.05, 0.1) is 44.9 Å². The molecule has 0 aliphatic carbocycles. The SMILES string of the molecule is C[C@H]1CC[C@H](c2ccc3sc([C@@H]4CCN(C)C(C)(C)C4)nc3c2)N(C(=O)C(=O)Nc2cncc3cn[nH]c23)C1. The Morgan fingerprint density at radius 2 is 2.00 bits per heavy atom. The van der Waals surface area contributed by atoms with Crippen molar-refractivity contribution in [1.82, 2.24) is 30.0 Å². The summed E-state index contributed by atoms with van der Waals surface area (Å²) in [6.45, 7) is 8.35. The van der Waals surface area contributed by atoms with Crippen LogP contribution in [-0.4, -0.2) is 67.5 Å². The molecule has 0 saturated carbocycles. The van der Waals surface area contributed by atoms with Crippen molar-refractivity contribution in [2.75, 3.05) is 25.5 Å². The van der Waals surface area contributed by atoms with Crippen molar-refractivity contribution < 1.29 is 9.59 Å². The van der Waals surface area contributed by atoms with Crippen LogP contribution in [0.4, 0.5) is 5.69 Å². The number of rotatable bonds is 3. The summed E-state index contributed by atoms with van der Waals surface area (Å²) in [4.78, 5) is 40.1. The number of carbonyl (C=O) groups excluding carboxylic acids is 2. The van der Waals surface area contributed by atoms with Crippen LogP contribution in [0.2, 0.25) is 0 Å². The van der Waals surface area contributed by atoms with Crippen molar-refractivity contribution >= 4 is 50.0 Å². The number of aromatic amines is 1. The molecule has 2 fully saturated rings. The van der Waals surface area contributed by atoms with Crippen molar-refractivity contribution in [2.45, 2.75) is 64.0 Å². The number of carbonyl (C=O) groups is 2. The van der Waals surface area contributed by atoms with Crippen molar-refractivity contribution in [2.24, 2.45) is 5.92 Å². The number of pyridine rings is 1. The minimum absolute atomic E-state index is 0.158. The summed E-state index contributed by atoms with van der Waals surface area (Å²) in [7, 11) is 2.20. The lowest BCUT2D eigenvalue weighted by Gasteiger charge is -2.43. The van der Waals surface area contributed by atoms with Crippen LogP contribution in [0, 0.1) is 5.92 Å². The third-order valence-corrected chi connectivity index (χ3v) is 9.83. The van der Waals surface area contributed by atoms with Gasteiger partial charge in [0, 0.05) is 29.6 Å². The highest BCUT2D eigenvalue weighted by Crippen LogP contribution is 2.41. The molecule has 0 radical (unpaired) electrons. The van der Waals surface area contributed by atoms with E-state index in [2.05, 4.69) is 71.4 Å². The van der Waals surface area contributed by atoms with Gasteiger partial charge in [0.15, 0.2) is 0 Å². The molecule has 3 aromatic heterocycles. The maximum absolute atomic E-state index is 13.5. The van der Waals surface area contributed by atoms with Crippen LogP contribution in [0.5, 0.6) is 0 Å². The number of likely N-dealkylation sites (tertiary alicyclic amines) is 2. The van der Waals surface area contributed by atoms with Crippen LogP contribution in [0.3, 0.4) is 0 Å². The van der Waals surface area contributed by atoms with Gasteiger partial charge in [-0.05, 0) is 76.7 Å². The monoisotopic (exact) mass is 545 g/mol. The first-order valence-corrected chi connectivity index (χ1v) is 14.5. The Morgan fingerprint density at radius 3 is 2.82 bits per heavy atom. The Bertz CT molecular complexity index is 1540. The Hall–Kier alpha value is -3.37. The number of nitrogens with one attached hydrogen (secondary N) is 2. The summed E-state index contributed by atoms with van der Waals surface area (Å²) in [6, 6.07) is 6.20. The summed E-state index contributed by atoms with van der Waals surface area (Å²) < 4.78 is 1.17. The van der Waals surface area contributed by atoms with Gasteiger partial charge in [0.25, 0.3) is 0 Å². The molecule has 2 N–H and O–H groups in total. The molecule has 5 heterocycles. The predicted octanol–water partition coefficient (Wildman–Crippen LogP) is 5.09. The van der Waals surface area contributed by atoms with Crippen LogP contribution >= 0.6 is 11.3 Å². The first kappa shape index (κ1) is 25.9. The number of thiazole rings is 1. The van der Waals surface area contributed by atoms with E-state index in [1.807, 2.05) is 0 Å². The molecule has 39 heavy (non-hydrogen) atoms. The lowest BCUT2D eigenvalue weighted by molar-refractivity contribution is -0.146. The van der Waals surface area contributed by atoms with Crippen molar-refractivity contribution in [1.29, 1.82) is 0 Å². The van der Waals surface area contributed by atoms with Gasteiger partial charge < -0.3 is 15.1 Å². The van der Waals surface area contributed by atoms with Gasteiger partial charge in [-0.1, -0.05) is 13.0 Å². The quantitative estimate of drug-likeness (QED) is 0.347. The maximum atomic E-state index is 13.5. The summed E-state index contributed by atoms with van der Waals surface area (Å²) in [5.41, 5.74) is 3.27. The average Bonchev–Trinajstić information content (AvgIpc) is 3.57. The molecule has 0 bridgehead atoms. The maximum Gasteiger partial charge on any atom is 0.314 e. The topological polar surface area (TPSA) is 107 Å². The van der Waals surface area contributed by atoms with Gasteiger partial charge in [-0.15, -0.1) is 11.3 Å². The fourth-order valence-corrected chi connectivity index (χ4v) is 7.14. The first-order chi connectivity index (χ1) is 18.7. The first-order valence-electron chi connectivity index (χ1n) is 13.7. The Kier molecular flexibility index (Phi) is 6.63. The number of benzene rings is 1. The number of hydrogen-bond donors (Lipinski definition) is 2. The largest absolute Gasteiger partial charge is 0.327 e. The van der Waals surface area contributed by atoms with E-state index in [0.717, 1.165) is 48.7 Å². The highest BCUT2D eigenvalue weighted by molar-refractivity contribution is 7.18. The zero-order chi connectivity index (χ0) is 27.3. The second kappa shape index (κ2) is 9.98. The molecule has 1 aromatic carbocycles. The Morgan fingerprint density at radius 1 is 1.15 bits per heavy atom. The van der Waals surface area contributed by atoms with E-state index in [0.29, 0.717) is 29.6 Å². The molecule has 6 rings (SSSR count). The number of hydrogen-bond acceptors (Lipinski definition) is 7. The molecular weight excluding hydrogens is 510 g/mol. The summed E-state index contributed by atoms with van der Waals surface area (Å²) in [5, 5.41) is 11.6. The molecule has 0 unspecified atom stereocenters. The fourth-order valence-electron chi connectivity index (χ4n) is 6.06. The third-order valence-electron chi connectivity index (χ3n) is 8.63. The zero-order valence-electron chi connectivity index (χ0n) is 22.9. The van der Waals surface area contributed by atoms with Crippen LogP contribution in [0.15, 0.2) is 36.8 Å². The van der Waals surface area contributed by atoms with E-state index in [1.165, 1.54) is 15.9 Å². The Labute approximate surface area is 232 Å². The lowest BCUT2D eigenvalue weighted by atomic mass is 9.83. The number of aromatic nitrogens is 4. The molecule has 2 saturated heterocycles. The highest BCUT2D eigenvalue weighted by atomic mass is 32.1. The van der Waals surface area contributed by atoms with E-state index < -0.39 is 11.8 Å². The fraction of sp³-hybridized carbons (Fsp3) is 0.483. The second-order valence-corrected chi connectivity index (χ2v) is 12.9. The normalized spacial score (nSPS) is 23.8. The van der Waals surface area contributed by atoms with Crippen LogP contribution in [0.25, 0.3) is 21.1 Å². The predicted molar refractivity (Wildman–Crippen MR) is 154 cm³/mol. The number of amides is 2. The second-order valence-electron chi connectivity index (χ2n) is 11.8. The minimum atomic E-state index is -0.667. The summed E-state index contributed by atoms with van der Waals surface area (Å²) in [6.07, 6.45) is 8.84. The van der Waals surface area contributed by atoms with Gasteiger partial charge in [0.1, 0.15) is 0 Å². The third kappa shape index (κ3) is 4.91. The van der Waals surface area contributed by atoms with Gasteiger partial charge >= 0.3 is 11.8 Å². The van der Waals surface area contributed by atoms with E-state index in [9.17, 15) is 9.59 Å². The van der Waals surface area contributed by atoms with Crippen molar-refractivity contribution in [3.63, 3.8) is 0 Å². The Balaban J connectivity index is 1.24. The molecule has 2 amide bonds. The molecule has 204 valence electrons. The number of anilines is 1. The van der Waals surface area contributed by atoms with E-state index in [-0.39, 0.29) is 11.6 Å². The van der Waals surface area contributed by atoms with Gasteiger partial charge in [-0.3, -0.25) is 19.7 Å². The standard InChI is InChI=1S/C29H35N7O2S/c1-17-5-7-23(36(16-17)28(38)26(37)32-22-15-30-13-20-14-31-34-25(20)22)18-6-8-24-21(11-18)33-27(39-24)19-9-10-35(4)29(2,3)12-19/h6,8,11,13-15,17,19,23H,5,7,9-10,12,16H2,1-4H3,(H,31,34)(H,32,37)/t17-,19+,23+/m0/s1. The summed E-state index contributed by atoms with van der Waals surface area (Å²) >= 11 is 1.79. The zero-order valence-corrected chi connectivity index (χ0v) is 23.7. The van der Waals surface area contributed by atoms with Crippen LogP contribution in [0.1, 0.15) is 69.0 Å². The van der Waals surface area contributed by atoms with Gasteiger partial charge in [0.2, 0.25) is 0 Å².